The van der Waals surface area contributed by atoms with Crippen LogP contribution in [-0.4, -0.2) is 7.05 Å². The Balaban J connectivity index is 0.000000461. The molecule has 0 bridgehead atoms. The highest BCUT2D eigenvalue weighted by molar-refractivity contribution is 5.40. The number of anilines is 1. The lowest BCUT2D eigenvalue weighted by Gasteiger charge is -1.94. The van der Waals surface area contributed by atoms with E-state index in [1.807, 2.05) is 6.92 Å². The largest absolute Gasteiger partial charge is 0.396 e. The fourth-order valence-corrected chi connectivity index (χ4v) is 0.632. The molecule has 1 aromatic carbocycles. The summed E-state index contributed by atoms with van der Waals surface area (Å²) in [5.41, 5.74) is 10.8. The van der Waals surface area contributed by atoms with Crippen LogP contribution in [0.15, 0.2) is 18.2 Å². The predicted octanol–water partition coefficient (Wildman–Crippen LogP) is 1.29. The maximum absolute atomic E-state index is 12.5. The standard InChI is InChI=1S/C7H8FN.CH5N/c1-5-2-3-7(9)6(8)4-5;1-2/h2-4H,9H2,1H3;2H2,1H3. The summed E-state index contributed by atoms with van der Waals surface area (Å²) >= 11 is 0. The Labute approximate surface area is 66.0 Å². The van der Waals surface area contributed by atoms with Crippen molar-refractivity contribution in [2.75, 3.05) is 12.8 Å². The van der Waals surface area contributed by atoms with Crippen molar-refractivity contribution in [2.45, 2.75) is 6.92 Å². The molecule has 4 N–H and O–H groups in total. The lowest BCUT2D eigenvalue weighted by molar-refractivity contribution is 0.631. The molecule has 0 heterocycles. The average molecular weight is 156 g/mol. The van der Waals surface area contributed by atoms with Crippen molar-refractivity contribution in [2.24, 2.45) is 5.73 Å². The second-order valence-corrected chi connectivity index (χ2v) is 2.02. The zero-order chi connectivity index (χ0) is 8.85. The molecule has 0 fully saturated rings. The Bertz CT molecular complexity index is 223. The number of rotatable bonds is 0. The molecule has 0 amide bonds. The number of nitrogen functional groups attached to an aromatic ring is 1. The first-order valence-electron chi connectivity index (χ1n) is 3.29. The molecule has 0 aliphatic rings. The van der Waals surface area contributed by atoms with Gasteiger partial charge in [0.1, 0.15) is 5.82 Å². The average Bonchev–Trinajstić information content (AvgIpc) is 2.02. The van der Waals surface area contributed by atoms with Crippen LogP contribution in [0.3, 0.4) is 0 Å². The first kappa shape index (κ1) is 9.91. The van der Waals surface area contributed by atoms with Gasteiger partial charge in [-0.25, -0.2) is 4.39 Å². The molecule has 0 saturated carbocycles. The highest BCUT2D eigenvalue weighted by atomic mass is 19.1. The van der Waals surface area contributed by atoms with Crippen LogP contribution in [0.25, 0.3) is 0 Å². The predicted molar refractivity (Wildman–Crippen MR) is 45.7 cm³/mol. The zero-order valence-electron chi connectivity index (χ0n) is 6.76. The number of aryl methyl sites for hydroxylation is 1. The fourth-order valence-electron chi connectivity index (χ4n) is 0.632. The van der Waals surface area contributed by atoms with E-state index >= 15 is 0 Å². The molecule has 0 radical (unpaired) electrons. The van der Waals surface area contributed by atoms with Crippen molar-refractivity contribution >= 4 is 5.69 Å². The first-order chi connectivity index (χ1) is 5.20. The smallest absolute Gasteiger partial charge is 0.146 e. The first-order valence-corrected chi connectivity index (χ1v) is 3.29. The minimum Gasteiger partial charge on any atom is -0.396 e. The molecule has 0 unspecified atom stereocenters. The zero-order valence-corrected chi connectivity index (χ0v) is 6.76. The number of halogens is 1. The summed E-state index contributed by atoms with van der Waals surface area (Å²) in [6, 6.07) is 4.75. The monoisotopic (exact) mass is 156 g/mol. The molecule has 0 spiro atoms. The van der Waals surface area contributed by atoms with Crippen LogP contribution in [0.5, 0.6) is 0 Å². The van der Waals surface area contributed by atoms with Gasteiger partial charge in [0.15, 0.2) is 0 Å². The summed E-state index contributed by atoms with van der Waals surface area (Å²) < 4.78 is 12.5. The highest BCUT2D eigenvalue weighted by Crippen LogP contribution is 2.10. The van der Waals surface area contributed by atoms with E-state index in [-0.39, 0.29) is 11.5 Å². The van der Waals surface area contributed by atoms with Gasteiger partial charge in [-0.1, -0.05) is 6.07 Å². The lowest BCUT2D eigenvalue weighted by atomic mass is 10.2. The Hall–Kier alpha value is -1.09. The van der Waals surface area contributed by atoms with Gasteiger partial charge in [0.25, 0.3) is 0 Å². The van der Waals surface area contributed by atoms with Crippen molar-refractivity contribution in [3.8, 4) is 0 Å². The Morgan fingerprint density at radius 1 is 1.27 bits per heavy atom. The van der Waals surface area contributed by atoms with Crippen molar-refractivity contribution in [1.29, 1.82) is 0 Å². The fraction of sp³-hybridized carbons (Fsp3) is 0.250. The van der Waals surface area contributed by atoms with E-state index in [1.54, 1.807) is 12.1 Å². The van der Waals surface area contributed by atoms with E-state index in [0.29, 0.717) is 0 Å². The summed E-state index contributed by atoms with van der Waals surface area (Å²) in [7, 11) is 1.50. The molecular weight excluding hydrogens is 143 g/mol. The van der Waals surface area contributed by atoms with E-state index in [4.69, 9.17) is 5.73 Å². The molecule has 0 aliphatic carbocycles. The molecule has 2 nitrogen and oxygen atoms in total. The van der Waals surface area contributed by atoms with E-state index in [2.05, 4.69) is 5.73 Å². The maximum Gasteiger partial charge on any atom is 0.146 e. The van der Waals surface area contributed by atoms with Crippen molar-refractivity contribution < 1.29 is 4.39 Å². The normalized spacial score (nSPS) is 8.36. The molecule has 0 atom stereocenters. The molecular formula is C8H13FN2. The summed E-state index contributed by atoms with van der Waals surface area (Å²) in [5, 5.41) is 0. The van der Waals surface area contributed by atoms with Gasteiger partial charge in [0.05, 0.1) is 5.69 Å². The second kappa shape index (κ2) is 4.68. The SMILES string of the molecule is CN.Cc1ccc(N)c(F)c1. The van der Waals surface area contributed by atoms with Crippen molar-refractivity contribution in [1.82, 2.24) is 0 Å². The van der Waals surface area contributed by atoms with Gasteiger partial charge >= 0.3 is 0 Å². The van der Waals surface area contributed by atoms with Gasteiger partial charge in [0, 0.05) is 0 Å². The van der Waals surface area contributed by atoms with E-state index in [0.717, 1.165) is 5.56 Å². The van der Waals surface area contributed by atoms with Crippen LogP contribution in [0.4, 0.5) is 10.1 Å². The molecule has 3 heteroatoms. The minimum absolute atomic E-state index is 0.209. The summed E-state index contributed by atoms with van der Waals surface area (Å²) in [5.74, 6) is -0.338. The molecule has 11 heavy (non-hydrogen) atoms. The van der Waals surface area contributed by atoms with Gasteiger partial charge in [-0.05, 0) is 31.7 Å². The third-order valence-electron chi connectivity index (χ3n) is 1.16. The van der Waals surface area contributed by atoms with Crippen LogP contribution < -0.4 is 11.5 Å². The number of hydrogen-bond acceptors (Lipinski definition) is 2. The quantitative estimate of drug-likeness (QED) is 0.556. The number of benzene rings is 1. The summed E-state index contributed by atoms with van der Waals surface area (Å²) in [6.07, 6.45) is 0. The van der Waals surface area contributed by atoms with Crippen LogP contribution in [0, 0.1) is 12.7 Å². The number of hydrogen-bond donors (Lipinski definition) is 2. The van der Waals surface area contributed by atoms with E-state index in [1.165, 1.54) is 13.1 Å². The topological polar surface area (TPSA) is 52.0 Å². The maximum atomic E-state index is 12.5. The molecule has 0 saturated heterocycles. The molecule has 1 rings (SSSR count). The Morgan fingerprint density at radius 3 is 2.18 bits per heavy atom. The van der Waals surface area contributed by atoms with Gasteiger partial charge in [0.2, 0.25) is 0 Å². The summed E-state index contributed by atoms with van der Waals surface area (Å²) in [4.78, 5) is 0. The molecule has 1 aromatic rings. The highest BCUT2D eigenvalue weighted by Gasteiger charge is 1.94. The third kappa shape index (κ3) is 3.00. The molecule has 62 valence electrons. The molecule has 0 aliphatic heterocycles. The lowest BCUT2D eigenvalue weighted by Crippen LogP contribution is -1.89. The van der Waals surface area contributed by atoms with Gasteiger partial charge in [-0.2, -0.15) is 0 Å². The van der Waals surface area contributed by atoms with Gasteiger partial charge < -0.3 is 11.5 Å². The van der Waals surface area contributed by atoms with Crippen LogP contribution >= 0.6 is 0 Å². The van der Waals surface area contributed by atoms with E-state index in [9.17, 15) is 4.39 Å². The van der Waals surface area contributed by atoms with Gasteiger partial charge in [-0.15, -0.1) is 0 Å². The van der Waals surface area contributed by atoms with Gasteiger partial charge in [-0.3, -0.25) is 0 Å². The Morgan fingerprint density at radius 2 is 1.82 bits per heavy atom. The second-order valence-electron chi connectivity index (χ2n) is 2.02. The van der Waals surface area contributed by atoms with Crippen LogP contribution in [0.1, 0.15) is 5.56 Å². The van der Waals surface area contributed by atoms with Crippen LogP contribution in [-0.2, 0) is 0 Å². The van der Waals surface area contributed by atoms with Crippen molar-refractivity contribution in [3.05, 3.63) is 29.6 Å². The third-order valence-corrected chi connectivity index (χ3v) is 1.16. The van der Waals surface area contributed by atoms with Crippen LogP contribution in [0.2, 0.25) is 0 Å². The molecule has 0 aromatic heterocycles. The van der Waals surface area contributed by atoms with E-state index < -0.39 is 0 Å². The summed E-state index contributed by atoms with van der Waals surface area (Å²) in [6.45, 7) is 1.82. The minimum atomic E-state index is -0.338. The van der Waals surface area contributed by atoms with Crippen molar-refractivity contribution in [3.63, 3.8) is 0 Å². The Kier molecular flexibility index (Phi) is 4.22. The number of nitrogens with two attached hydrogens (primary N) is 2.